The van der Waals surface area contributed by atoms with Gasteiger partial charge in [0.2, 0.25) is 0 Å². The molecule has 2 saturated heterocycles. The number of amides is 1. The summed E-state index contributed by atoms with van der Waals surface area (Å²) in [7, 11) is 0. The van der Waals surface area contributed by atoms with E-state index in [2.05, 4.69) is 27.2 Å². The highest BCUT2D eigenvalue weighted by molar-refractivity contribution is 6.06. The zero-order valence-electron chi connectivity index (χ0n) is 17.0. The molecule has 5 rings (SSSR count). The van der Waals surface area contributed by atoms with Crippen LogP contribution in [0.5, 0.6) is 0 Å². The molecule has 1 amide bonds. The molecule has 1 N–H and O–H groups in total. The third-order valence-corrected chi connectivity index (χ3v) is 5.43. The molecular formula is C21H23N5O4. The fourth-order valence-electron chi connectivity index (χ4n) is 4.11. The minimum Gasteiger partial charge on any atom is -0.349 e. The van der Waals surface area contributed by atoms with Crippen LogP contribution in [0.1, 0.15) is 43.8 Å². The molecule has 9 nitrogen and oxygen atoms in total. The minimum atomic E-state index is -0.676. The number of rotatable bonds is 4. The fourth-order valence-corrected chi connectivity index (χ4v) is 4.11. The molecule has 0 spiro atoms. The van der Waals surface area contributed by atoms with Gasteiger partial charge in [-0.25, -0.2) is 15.0 Å². The number of carbonyl (C=O) groups is 1. The van der Waals surface area contributed by atoms with Crippen molar-refractivity contribution in [2.75, 3.05) is 5.32 Å². The number of fused-ring (bicyclic) bond motifs is 2. The molecule has 1 unspecified atom stereocenters. The van der Waals surface area contributed by atoms with Crippen molar-refractivity contribution >= 4 is 22.9 Å². The van der Waals surface area contributed by atoms with Crippen LogP contribution in [-0.2, 0) is 14.2 Å². The first-order chi connectivity index (χ1) is 14.5. The highest BCUT2D eigenvalue weighted by Crippen LogP contribution is 2.44. The van der Waals surface area contributed by atoms with Crippen molar-refractivity contribution in [2.24, 2.45) is 0 Å². The molecule has 2 fully saturated rings. The average Bonchev–Trinajstić information content (AvgIpc) is 3.39. The first kappa shape index (κ1) is 19.1. The van der Waals surface area contributed by atoms with Crippen LogP contribution >= 0.6 is 0 Å². The topological polar surface area (TPSA) is 100 Å². The summed E-state index contributed by atoms with van der Waals surface area (Å²) in [5.41, 5.74) is 1.58. The summed E-state index contributed by atoms with van der Waals surface area (Å²) in [6.07, 6.45) is 2.90. The van der Waals surface area contributed by atoms with Gasteiger partial charge >= 0.3 is 0 Å². The molecule has 9 heteroatoms. The van der Waals surface area contributed by atoms with Crippen LogP contribution in [0, 0.1) is 0 Å². The molecule has 4 atom stereocenters. The molecule has 30 heavy (non-hydrogen) atoms. The van der Waals surface area contributed by atoms with E-state index in [-0.39, 0.29) is 24.2 Å². The molecule has 2 aliphatic heterocycles. The van der Waals surface area contributed by atoms with Gasteiger partial charge in [0.15, 0.2) is 29.0 Å². The molecule has 4 heterocycles. The van der Waals surface area contributed by atoms with Gasteiger partial charge in [-0.05, 0) is 32.4 Å². The number of carbonyl (C=O) groups excluding carboxylic acids is 1. The molecule has 0 radical (unpaired) electrons. The lowest BCUT2D eigenvalue weighted by Gasteiger charge is -2.24. The van der Waals surface area contributed by atoms with Gasteiger partial charge in [0.25, 0.3) is 5.91 Å². The predicted molar refractivity (Wildman–Crippen MR) is 108 cm³/mol. The van der Waals surface area contributed by atoms with E-state index in [1.165, 1.54) is 6.33 Å². The molecule has 0 bridgehead atoms. The fraction of sp³-hybridized carbons (Fsp3) is 0.429. The lowest BCUT2D eigenvalue weighted by Crippen LogP contribution is -2.28. The highest BCUT2D eigenvalue weighted by atomic mass is 16.8. The van der Waals surface area contributed by atoms with Gasteiger partial charge in [-0.2, -0.15) is 0 Å². The van der Waals surface area contributed by atoms with Crippen molar-refractivity contribution in [2.45, 2.75) is 57.5 Å². The first-order valence-electron chi connectivity index (χ1n) is 10.0. The van der Waals surface area contributed by atoms with E-state index < -0.39 is 12.0 Å². The Kier molecular flexibility index (Phi) is 4.53. The molecule has 1 aromatic carbocycles. The Bertz CT molecular complexity index is 1080. The van der Waals surface area contributed by atoms with E-state index in [0.717, 1.165) is 6.42 Å². The Hall–Kier alpha value is -2.88. The van der Waals surface area contributed by atoms with Crippen LogP contribution in [0.15, 0.2) is 43.0 Å². The Morgan fingerprint density at radius 1 is 1.13 bits per heavy atom. The van der Waals surface area contributed by atoms with Crippen LogP contribution in [0.2, 0.25) is 0 Å². The first-order valence-corrected chi connectivity index (χ1v) is 10.0. The molecule has 156 valence electrons. The van der Waals surface area contributed by atoms with Crippen molar-refractivity contribution < 1.29 is 19.0 Å². The Morgan fingerprint density at radius 3 is 2.67 bits per heavy atom. The van der Waals surface area contributed by atoms with Gasteiger partial charge in [0.1, 0.15) is 18.5 Å². The van der Waals surface area contributed by atoms with Gasteiger partial charge in [-0.1, -0.05) is 25.1 Å². The third kappa shape index (κ3) is 3.15. The van der Waals surface area contributed by atoms with Crippen molar-refractivity contribution in [3.63, 3.8) is 0 Å². The Labute approximate surface area is 173 Å². The van der Waals surface area contributed by atoms with Gasteiger partial charge < -0.3 is 19.5 Å². The number of hydrogen-bond donors (Lipinski definition) is 1. The number of nitrogens with zero attached hydrogens (tertiary/aromatic N) is 4. The quantitative estimate of drug-likeness (QED) is 0.707. The molecule has 3 aromatic rings. The van der Waals surface area contributed by atoms with Crippen molar-refractivity contribution in [1.29, 1.82) is 0 Å². The Morgan fingerprint density at radius 2 is 1.90 bits per heavy atom. The van der Waals surface area contributed by atoms with Gasteiger partial charge in [0.05, 0.1) is 12.4 Å². The lowest BCUT2D eigenvalue weighted by atomic mass is 10.1. The summed E-state index contributed by atoms with van der Waals surface area (Å²) < 4.78 is 20.3. The lowest BCUT2D eigenvalue weighted by molar-refractivity contribution is -0.196. The summed E-state index contributed by atoms with van der Waals surface area (Å²) in [6.45, 7) is 5.87. The predicted octanol–water partition coefficient (Wildman–Crippen LogP) is 2.91. The summed E-state index contributed by atoms with van der Waals surface area (Å²) in [6, 6.07) is 8.95. The Balaban J connectivity index is 1.47. The smallest absolute Gasteiger partial charge is 0.256 e. The van der Waals surface area contributed by atoms with Crippen molar-refractivity contribution in [1.82, 2.24) is 19.5 Å². The molecule has 2 aliphatic rings. The number of ether oxygens (including phenoxy) is 3. The van der Waals surface area contributed by atoms with Crippen LogP contribution in [-0.4, -0.2) is 49.5 Å². The second-order valence-corrected chi connectivity index (χ2v) is 7.90. The number of benzene rings is 1. The number of imidazole rings is 1. The van der Waals surface area contributed by atoms with Gasteiger partial charge in [0, 0.05) is 5.56 Å². The van der Waals surface area contributed by atoms with Gasteiger partial charge in [-0.3, -0.25) is 9.36 Å². The van der Waals surface area contributed by atoms with E-state index >= 15 is 0 Å². The second-order valence-electron chi connectivity index (χ2n) is 7.90. The number of aromatic nitrogens is 4. The average molecular weight is 409 g/mol. The van der Waals surface area contributed by atoms with Crippen LogP contribution < -0.4 is 5.32 Å². The molecule has 0 aliphatic carbocycles. The van der Waals surface area contributed by atoms with E-state index in [1.54, 1.807) is 18.5 Å². The maximum Gasteiger partial charge on any atom is 0.256 e. The highest BCUT2D eigenvalue weighted by Gasteiger charge is 2.55. The summed E-state index contributed by atoms with van der Waals surface area (Å²) >= 11 is 0. The van der Waals surface area contributed by atoms with Crippen LogP contribution in [0.4, 0.5) is 5.82 Å². The number of anilines is 1. The normalized spacial score (nSPS) is 27.3. The zero-order valence-corrected chi connectivity index (χ0v) is 17.0. The summed E-state index contributed by atoms with van der Waals surface area (Å²) in [5.74, 6) is -0.592. The minimum absolute atomic E-state index is 0.0849. The van der Waals surface area contributed by atoms with Crippen LogP contribution in [0.3, 0.4) is 0 Å². The van der Waals surface area contributed by atoms with E-state index in [4.69, 9.17) is 14.2 Å². The number of hydrogen-bond acceptors (Lipinski definition) is 7. The largest absolute Gasteiger partial charge is 0.349 e. The maximum atomic E-state index is 12.6. The summed E-state index contributed by atoms with van der Waals surface area (Å²) in [4.78, 5) is 25.6. The molecular weight excluding hydrogens is 386 g/mol. The molecule has 0 saturated carbocycles. The number of nitrogens with one attached hydrogen (secondary N) is 1. The molecule has 2 aromatic heterocycles. The van der Waals surface area contributed by atoms with Crippen molar-refractivity contribution in [3.05, 3.63) is 48.5 Å². The van der Waals surface area contributed by atoms with Crippen LogP contribution in [0.25, 0.3) is 11.2 Å². The van der Waals surface area contributed by atoms with Crippen molar-refractivity contribution in [3.8, 4) is 0 Å². The zero-order chi connectivity index (χ0) is 20.9. The maximum absolute atomic E-state index is 12.6. The van der Waals surface area contributed by atoms with E-state index in [0.29, 0.717) is 22.5 Å². The van der Waals surface area contributed by atoms with E-state index in [1.807, 2.05) is 36.6 Å². The van der Waals surface area contributed by atoms with E-state index in [9.17, 15) is 4.79 Å². The van der Waals surface area contributed by atoms with Gasteiger partial charge in [-0.15, -0.1) is 0 Å². The monoisotopic (exact) mass is 409 g/mol. The SMILES string of the molecule is CC[C@H]1O[C@@H](n2cnc3c(NC(=O)c4ccccc4)ncnc32)[C@H]2OC(C)(C)OC12. The summed E-state index contributed by atoms with van der Waals surface area (Å²) in [5, 5.41) is 2.82. The standard InChI is InChI=1S/C21H23N5O4/c1-4-13-15-16(30-21(2,3)29-15)20(28-13)26-11-24-14-17(22-10-23-18(14)26)25-19(27)12-8-6-5-7-9-12/h5-11,13,15-16,20H,4H2,1-3H3,(H,22,23,25,27)/t13-,15?,16+,20-/m1/s1. The second kappa shape index (κ2) is 7.12. The third-order valence-electron chi connectivity index (χ3n) is 5.43.